The third-order valence-electron chi connectivity index (χ3n) is 2.57. The summed E-state index contributed by atoms with van der Waals surface area (Å²) in [6, 6.07) is 9.00. The highest BCUT2D eigenvalue weighted by Gasteiger charge is 2.08. The number of aryl methyl sites for hydroxylation is 2. The molecule has 0 fully saturated rings. The molecule has 0 bridgehead atoms. The number of benzene rings is 1. The van der Waals surface area contributed by atoms with Crippen LogP contribution in [0.15, 0.2) is 30.3 Å². The van der Waals surface area contributed by atoms with Crippen LogP contribution >= 0.6 is 0 Å². The van der Waals surface area contributed by atoms with E-state index in [2.05, 4.69) is 4.98 Å². The van der Waals surface area contributed by atoms with Crippen LogP contribution in [-0.2, 0) is 0 Å². The summed E-state index contributed by atoms with van der Waals surface area (Å²) < 4.78 is 0. The lowest BCUT2D eigenvalue weighted by atomic mass is 10.0. The Morgan fingerprint density at radius 3 is 2.56 bits per heavy atom. The SMILES string of the molecule is Cc1cc(-c2cccc(C(=O)O)c2)c(C)[nH]1. The van der Waals surface area contributed by atoms with Gasteiger partial charge in [-0.3, -0.25) is 0 Å². The first-order chi connectivity index (χ1) is 7.58. The second-order valence-electron chi connectivity index (χ2n) is 3.88. The van der Waals surface area contributed by atoms with Gasteiger partial charge in [0.2, 0.25) is 0 Å². The Morgan fingerprint density at radius 2 is 2.00 bits per heavy atom. The van der Waals surface area contributed by atoms with Crippen LogP contribution in [0.1, 0.15) is 21.7 Å². The zero-order chi connectivity index (χ0) is 11.7. The fraction of sp³-hybridized carbons (Fsp3) is 0.154. The van der Waals surface area contributed by atoms with Crippen LogP contribution in [-0.4, -0.2) is 16.1 Å². The third-order valence-corrected chi connectivity index (χ3v) is 2.57. The number of hydrogen-bond donors (Lipinski definition) is 2. The number of hydrogen-bond acceptors (Lipinski definition) is 1. The molecule has 0 spiro atoms. The lowest BCUT2D eigenvalue weighted by Gasteiger charge is -2.01. The monoisotopic (exact) mass is 215 g/mol. The van der Waals surface area contributed by atoms with E-state index in [4.69, 9.17) is 5.11 Å². The van der Waals surface area contributed by atoms with Crippen molar-refractivity contribution in [3.05, 3.63) is 47.3 Å². The molecule has 2 aromatic rings. The Kier molecular flexibility index (Phi) is 2.52. The molecule has 0 atom stereocenters. The minimum Gasteiger partial charge on any atom is -0.478 e. The number of carboxylic acids is 1. The number of H-pyrrole nitrogens is 1. The molecule has 0 amide bonds. The van der Waals surface area contributed by atoms with E-state index in [1.165, 1.54) is 0 Å². The van der Waals surface area contributed by atoms with E-state index >= 15 is 0 Å². The molecule has 1 aromatic heterocycles. The van der Waals surface area contributed by atoms with Crippen LogP contribution in [0.4, 0.5) is 0 Å². The van der Waals surface area contributed by atoms with E-state index in [-0.39, 0.29) is 0 Å². The topological polar surface area (TPSA) is 53.1 Å². The molecule has 16 heavy (non-hydrogen) atoms. The van der Waals surface area contributed by atoms with Crippen molar-refractivity contribution in [2.45, 2.75) is 13.8 Å². The molecule has 0 aliphatic heterocycles. The van der Waals surface area contributed by atoms with Gasteiger partial charge in [0.05, 0.1) is 5.56 Å². The second-order valence-corrected chi connectivity index (χ2v) is 3.88. The second kappa shape index (κ2) is 3.85. The molecule has 0 aliphatic rings. The summed E-state index contributed by atoms with van der Waals surface area (Å²) in [6.07, 6.45) is 0. The van der Waals surface area contributed by atoms with Crippen LogP contribution in [0.5, 0.6) is 0 Å². The summed E-state index contributed by atoms with van der Waals surface area (Å²) in [4.78, 5) is 14.1. The number of nitrogens with one attached hydrogen (secondary N) is 1. The highest BCUT2D eigenvalue weighted by molar-refractivity contribution is 5.89. The van der Waals surface area contributed by atoms with Gasteiger partial charge < -0.3 is 10.1 Å². The first kappa shape index (κ1) is 10.5. The van der Waals surface area contributed by atoms with Gasteiger partial charge in [0.15, 0.2) is 0 Å². The average molecular weight is 215 g/mol. The maximum absolute atomic E-state index is 10.9. The number of carboxylic acid groups (broad SMARTS) is 1. The number of aromatic nitrogens is 1. The van der Waals surface area contributed by atoms with Crippen LogP contribution in [0.25, 0.3) is 11.1 Å². The summed E-state index contributed by atoms with van der Waals surface area (Å²) >= 11 is 0. The Labute approximate surface area is 93.7 Å². The first-order valence-corrected chi connectivity index (χ1v) is 5.08. The Bertz CT molecular complexity index is 541. The van der Waals surface area contributed by atoms with Crippen LogP contribution < -0.4 is 0 Å². The molecule has 0 aliphatic carbocycles. The number of aromatic amines is 1. The van der Waals surface area contributed by atoms with Crippen molar-refractivity contribution in [1.82, 2.24) is 4.98 Å². The summed E-state index contributed by atoms with van der Waals surface area (Å²) in [5.41, 5.74) is 4.44. The summed E-state index contributed by atoms with van der Waals surface area (Å²) in [5, 5.41) is 8.92. The molecule has 3 nitrogen and oxygen atoms in total. The van der Waals surface area contributed by atoms with Gasteiger partial charge in [0.1, 0.15) is 0 Å². The van der Waals surface area contributed by atoms with Gasteiger partial charge in [-0.15, -0.1) is 0 Å². The van der Waals surface area contributed by atoms with Crippen LogP contribution in [0, 0.1) is 13.8 Å². The summed E-state index contributed by atoms with van der Waals surface area (Å²) in [6.45, 7) is 3.97. The fourth-order valence-electron chi connectivity index (χ4n) is 1.84. The Hall–Kier alpha value is -2.03. The van der Waals surface area contributed by atoms with E-state index < -0.39 is 5.97 Å². The largest absolute Gasteiger partial charge is 0.478 e. The van der Waals surface area contributed by atoms with Crippen molar-refractivity contribution in [2.24, 2.45) is 0 Å². The Balaban J connectivity index is 2.52. The minimum atomic E-state index is -0.897. The standard InChI is InChI=1S/C13H13NO2/c1-8-6-12(9(2)14-8)10-4-3-5-11(7-10)13(15)16/h3-7,14H,1-2H3,(H,15,16). The van der Waals surface area contributed by atoms with Crippen molar-refractivity contribution in [2.75, 3.05) is 0 Å². The number of carbonyl (C=O) groups is 1. The molecular formula is C13H13NO2. The van der Waals surface area contributed by atoms with E-state index in [1.807, 2.05) is 26.0 Å². The maximum Gasteiger partial charge on any atom is 0.335 e. The zero-order valence-electron chi connectivity index (χ0n) is 9.24. The van der Waals surface area contributed by atoms with Gasteiger partial charge in [-0.05, 0) is 37.6 Å². The van der Waals surface area contributed by atoms with Gasteiger partial charge >= 0.3 is 5.97 Å². The predicted molar refractivity (Wildman–Crippen MR) is 62.7 cm³/mol. The van der Waals surface area contributed by atoms with Gasteiger partial charge in [0, 0.05) is 17.0 Å². The van der Waals surface area contributed by atoms with Crippen molar-refractivity contribution in [3.8, 4) is 11.1 Å². The van der Waals surface area contributed by atoms with E-state index in [0.717, 1.165) is 22.5 Å². The normalized spacial score (nSPS) is 10.4. The molecule has 0 unspecified atom stereocenters. The van der Waals surface area contributed by atoms with Gasteiger partial charge in [-0.1, -0.05) is 12.1 Å². The van der Waals surface area contributed by atoms with Gasteiger partial charge in [-0.25, -0.2) is 4.79 Å². The van der Waals surface area contributed by atoms with Gasteiger partial charge in [-0.2, -0.15) is 0 Å². The quantitative estimate of drug-likeness (QED) is 0.809. The van der Waals surface area contributed by atoms with E-state index in [1.54, 1.807) is 18.2 Å². The van der Waals surface area contributed by atoms with E-state index in [9.17, 15) is 4.79 Å². The average Bonchev–Trinajstić information content (AvgIpc) is 2.58. The van der Waals surface area contributed by atoms with Crippen molar-refractivity contribution < 1.29 is 9.90 Å². The lowest BCUT2D eigenvalue weighted by molar-refractivity contribution is 0.0697. The zero-order valence-corrected chi connectivity index (χ0v) is 9.24. The maximum atomic E-state index is 10.9. The molecule has 0 saturated heterocycles. The summed E-state index contributed by atoms with van der Waals surface area (Å²) in [7, 11) is 0. The molecule has 0 radical (unpaired) electrons. The molecule has 1 aromatic carbocycles. The van der Waals surface area contributed by atoms with Crippen LogP contribution in [0.2, 0.25) is 0 Å². The molecule has 3 heteroatoms. The molecule has 2 N–H and O–H groups in total. The van der Waals surface area contributed by atoms with Crippen molar-refractivity contribution >= 4 is 5.97 Å². The molecule has 82 valence electrons. The fourth-order valence-corrected chi connectivity index (χ4v) is 1.84. The minimum absolute atomic E-state index is 0.316. The Morgan fingerprint density at radius 1 is 1.25 bits per heavy atom. The van der Waals surface area contributed by atoms with E-state index in [0.29, 0.717) is 5.56 Å². The smallest absolute Gasteiger partial charge is 0.335 e. The summed E-state index contributed by atoms with van der Waals surface area (Å²) in [5.74, 6) is -0.897. The number of rotatable bonds is 2. The highest BCUT2D eigenvalue weighted by Crippen LogP contribution is 2.24. The first-order valence-electron chi connectivity index (χ1n) is 5.08. The lowest BCUT2D eigenvalue weighted by Crippen LogP contribution is -1.95. The molecular weight excluding hydrogens is 202 g/mol. The molecule has 0 saturated carbocycles. The molecule has 2 rings (SSSR count). The van der Waals surface area contributed by atoms with Crippen molar-refractivity contribution in [3.63, 3.8) is 0 Å². The van der Waals surface area contributed by atoms with Gasteiger partial charge in [0.25, 0.3) is 0 Å². The highest BCUT2D eigenvalue weighted by atomic mass is 16.4. The molecule has 1 heterocycles. The van der Waals surface area contributed by atoms with Crippen molar-refractivity contribution in [1.29, 1.82) is 0 Å². The third kappa shape index (κ3) is 1.84. The predicted octanol–water partition coefficient (Wildman–Crippen LogP) is 3.00. The van der Waals surface area contributed by atoms with Crippen LogP contribution in [0.3, 0.4) is 0 Å². The number of aromatic carboxylic acids is 1.